The number of carbonyl (C=O) groups excluding carboxylic acids is 3. The van der Waals surface area contributed by atoms with Crippen LogP contribution < -0.4 is 10.2 Å². The van der Waals surface area contributed by atoms with E-state index in [0.29, 0.717) is 11.1 Å². The number of ether oxygens (including phenoxy) is 1. The van der Waals surface area contributed by atoms with E-state index in [-0.39, 0.29) is 61.1 Å². The Labute approximate surface area is 256 Å². The van der Waals surface area contributed by atoms with Gasteiger partial charge in [-0.3, -0.25) is 0 Å². The maximum absolute atomic E-state index is 12.8. The zero-order chi connectivity index (χ0) is 27.2. The molecule has 0 bridgehead atoms. The number of hydrogen-bond acceptors (Lipinski definition) is 6. The first-order chi connectivity index (χ1) is 18.4. The van der Waals surface area contributed by atoms with Crippen LogP contribution in [-0.4, -0.2) is 55.6 Å². The number of hydrogen-bond donors (Lipinski definition) is 0. The molecule has 0 N–H and O–H groups in total. The van der Waals surface area contributed by atoms with E-state index in [4.69, 9.17) is 4.74 Å². The molecular weight excluding hydrogens is 520 g/mol. The van der Waals surface area contributed by atoms with Gasteiger partial charge in [0, 0.05) is 5.57 Å². The minimum Gasteiger partial charge on any atom is -0.545 e. The molecule has 0 spiro atoms. The first-order valence-corrected chi connectivity index (χ1v) is 11.7. The van der Waals surface area contributed by atoms with Crippen molar-refractivity contribution in [3.8, 4) is 0 Å². The summed E-state index contributed by atoms with van der Waals surface area (Å²) in [4.78, 5) is 34.8. The molecule has 0 aliphatic rings. The molecule has 190 valence electrons. The summed E-state index contributed by atoms with van der Waals surface area (Å²) in [6.07, 6.45) is 2.91. The van der Waals surface area contributed by atoms with Gasteiger partial charge in [0.25, 0.3) is 0 Å². The molecule has 0 radical (unpaired) electrons. The Hall–Kier alpha value is -3.97. The summed E-state index contributed by atoms with van der Waals surface area (Å²) in [6, 6.07) is 35.1. The molecule has 0 aliphatic heterocycles. The Balaban J connectivity index is 0.000000453. The van der Waals surface area contributed by atoms with Crippen molar-refractivity contribution in [2.75, 3.05) is 0 Å². The smallest absolute Gasteiger partial charge is 0.545 e. The van der Waals surface area contributed by atoms with Gasteiger partial charge in [0.05, 0.1) is 17.5 Å². The van der Waals surface area contributed by atoms with Crippen molar-refractivity contribution in [3.05, 3.63) is 155 Å². The first-order valence-electron chi connectivity index (χ1n) is 11.7. The van der Waals surface area contributed by atoms with Gasteiger partial charge < -0.3 is 24.5 Å². The van der Waals surface area contributed by atoms with Crippen LogP contribution in [0.25, 0.3) is 12.2 Å². The molecule has 0 aromatic heterocycles. The summed E-state index contributed by atoms with van der Waals surface area (Å²) in [5.74, 6) is -3.31. The molecule has 0 atom stereocenters. The molecule has 4 aromatic carbocycles. The summed E-state index contributed by atoms with van der Waals surface area (Å²) in [6.45, 7) is 0.0392. The topological polar surface area (TPSA) is 107 Å². The Morgan fingerprint density at radius 2 is 1.00 bits per heavy atom. The fourth-order valence-electron chi connectivity index (χ4n) is 3.30. The monoisotopic (exact) mass is 544 g/mol. The van der Waals surface area contributed by atoms with Gasteiger partial charge in [-0.15, -0.1) is 0 Å². The number of esters is 1. The third-order valence-corrected chi connectivity index (χ3v) is 5.17. The van der Waals surface area contributed by atoms with Gasteiger partial charge in [0.2, 0.25) is 0 Å². The predicted molar refractivity (Wildman–Crippen MR) is 147 cm³/mol. The van der Waals surface area contributed by atoms with E-state index in [1.54, 1.807) is 66.7 Å². The quantitative estimate of drug-likeness (QED) is 0.146. The van der Waals surface area contributed by atoms with Gasteiger partial charge in [-0.2, -0.15) is 0 Å². The molecule has 4 rings (SSSR count). The van der Waals surface area contributed by atoms with Gasteiger partial charge in [-0.05, 0) is 34.4 Å². The molecule has 0 amide bonds. The molecule has 4 aromatic rings. The van der Waals surface area contributed by atoms with Crippen LogP contribution in [0.2, 0.25) is 0 Å². The average Bonchev–Trinajstić information content (AvgIpc) is 2.96. The molecular formula is C32H24CaO6. The zero-order valence-corrected chi connectivity index (χ0v) is 23.3. The SMILES string of the molecule is O=C([O-])C(=C\c1ccccc1)/C(=C\c1ccccc1)C(=O)OCc1ccccc1.O=C([O-])c1ccccc1.[Ca+2]. The first kappa shape index (κ1) is 31.2. The third-order valence-electron chi connectivity index (χ3n) is 5.17. The van der Waals surface area contributed by atoms with Crippen molar-refractivity contribution in [1.29, 1.82) is 0 Å². The van der Waals surface area contributed by atoms with Crippen molar-refractivity contribution in [2.24, 2.45) is 0 Å². The van der Waals surface area contributed by atoms with Crippen LogP contribution in [0.1, 0.15) is 27.0 Å². The van der Waals surface area contributed by atoms with Crippen LogP contribution in [0.15, 0.2) is 132 Å². The molecule has 7 heteroatoms. The Morgan fingerprint density at radius 3 is 1.41 bits per heavy atom. The summed E-state index contributed by atoms with van der Waals surface area (Å²) < 4.78 is 5.39. The second kappa shape index (κ2) is 16.8. The normalized spacial score (nSPS) is 10.8. The van der Waals surface area contributed by atoms with E-state index in [9.17, 15) is 24.6 Å². The standard InChI is InChI=1S/C25H20O4.C7H6O2.Ca/c26-24(27)22(16-19-10-4-1-5-11-19)23(17-20-12-6-2-7-13-20)25(28)29-18-21-14-8-3-9-15-21;8-7(9)6-4-2-1-3-5-6;/h1-17H,18H2,(H,26,27);1-5H,(H,8,9);/q;;+2/p-2/b22-16-,23-17+;;. The van der Waals surface area contributed by atoms with E-state index in [2.05, 4.69) is 0 Å². The number of carboxylic acid groups (broad SMARTS) is 2. The van der Waals surface area contributed by atoms with Gasteiger partial charge in [0.1, 0.15) is 6.61 Å². The second-order valence-electron chi connectivity index (χ2n) is 7.94. The van der Waals surface area contributed by atoms with Crippen LogP contribution in [0.4, 0.5) is 0 Å². The fraction of sp³-hybridized carbons (Fsp3) is 0.0312. The minimum absolute atomic E-state index is 0. The Kier molecular flexibility index (Phi) is 13.4. The number of rotatable bonds is 8. The van der Waals surface area contributed by atoms with Gasteiger partial charge in [-0.25, -0.2) is 4.79 Å². The molecule has 0 fully saturated rings. The number of carbonyl (C=O) groups is 3. The third kappa shape index (κ3) is 10.7. The largest absolute Gasteiger partial charge is 2.00 e. The molecule has 0 aliphatic carbocycles. The van der Waals surface area contributed by atoms with Crippen LogP contribution in [0.5, 0.6) is 0 Å². The zero-order valence-electron chi connectivity index (χ0n) is 21.1. The van der Waals surface area contributed by atoms with Gasteiger partial charge in [-0.1, -0.05) is 121 Å². The summed E-state index contributed by atoms with van der Waals surface area (Å²) in [7, 11) is 0. The van der Waals surface area contributed by atoms with E-state index < -0.39 is 17.9 Å². The number of aliphatic carboxylic acids is 1. The summed E-state index contributed by atoms with van der Waals surface area (Å²) in [5.41, 5.74) is 2.04. The minimum atomic E-state index is -1.45. The fourth-order valence-corrected chi connectivity index (χ4v) is 3.30. The van der Waals surface area contributed by atoms with Crippen molar-refractivity contribution in [1.82, 2.24) is 0 Å². The van der Waals surface area contributed by atoms with Crippen LogP contribution in [-0.2, 0) is 20.9 Å². The molecule has 0 saturated heterocycles. The van der Waals surface area contributed by atoms with Gasteiger partial charge in [0.15, 0.2) is 0 Å². The maximum atomic E-state index is 12.8. The molecule has 39 heavy (non-hydrogen) atoms. The van der Waals surface area contributed by atoms with E-state index in [1.165, 1.54) is 24.3 Å². The Morgan fingerprint density at radius 1 is 0.590 bits per heavy atom. The van der Waals surface area contributed by atoms with Crippen LogP contribution in [0.3, 0.4) is 0 Å². The van der Waals surface area contributed by atoms with Crippen molar-refractivity contribution in [3.63, 3.8) is 0 Å². The van der Waals surface area contributed by atoms with E-state index in [1.807, 2.05) is 42.5 Å². The van der Waals surface area contributed by atoms with Gasteiger partial charge >= 0.3 is 43.7 Å². The predicted octanol–water partition coefficient (Wildman–Crippen LogP) is 3.32. The van der Waals surface area contributed by atoms with Crippen molar-refractivity contribution in [2.45, 2.75) is 6.61 Å². The van der Waals surface area contributed by atoms with Crippen molar-refractivity contribution >= 4 is 67.8 Å². The Bertz CT molecular complexity index is 1400. The number of carboxylic acids is 2. The maximum Gasteiger partial charge on any atom is 2.00 e. The molecule has 6 nitrogen and oxygen atoms in total. The molecule has 0 saturated carbocycles. The second-order valence-corrected chi connectivity index (χ2v) is 7.94. The summed E-state index contributed by atoms with van der Waals surface area (Å²) in [5, 5.41) is 22.0. The number of aromatic carboxylic acids is 1. The van der Waals surface area contributed by atoms with Crippen LogP contribution in [0, 0.1) is 0 Å². The number of benzene rings is 4. The average molecular weight is 545 g/mol. The summed E-state index contributed by atoms with van der Waals surface area (Å²) >= 11 is 0. The van der Waals surface area contributed by atoms with E-state index >= 15 is 0 Å². The molecule has 0 unspecified atom stereocenters. The molecule has 0 heterocycles. The van der Waals surface area contributed by atoms with Crippen LogP contribution >= 0.6 is 0 Å². The van der Waals surface area contributed by atoms with Crippen molar-refractivity contribution < 1.29 is 29.3 Å². The van der Waals surface area contributed by atoms with E-state index in [0.717, 1.165) is 5.56 Å².